The van der Waals surface area contributed by atoms with Crippen LogP contribution in [-0.4, -0.2) is 17.0 Å². The van der Waals surface area contributed by atoms with Crippen LogP contribution >= 0.6 is 22.9 Å². The van der Waals surface area contributed by atoms with Crippen LogP contribution in [0.25, 0.3) is 0 Å². The molecule has 19 heavy (non-hydrogen) atoms. The molecule has 1 unspecified atom stereocenters. The van der Waals surface area contributed by atoms with Gasteiger partial charge in [0.05, 0.1) is 16.8 Å². The van der Waals surface area contributed by atoms with Crippen LogP contribution in [0, 0.1) is 5.41 Å². The summed E-state index contributed by atoms with van der Waals surface area (Å²) in [5, 5.41) is 11.6. The second kappa shape index (κ2) is 6.39. The Morgan fingerprint density at radius 1 is 1.42 bits per heavy atom. The number of carbonyl (C=O) groups excluding carboxylic acids is 1. The molecule has 1 aromatic heterocycles. The summed E-state index contributed by atoms with van der Waals surface area (Å²) in [4.78, 5) is 23.6. The molecule has 0 radical (unpaired) electrons. The maximum Gasteiger partial charge on any atom is 0.303 e. The lowest BCUT2D eigenvalue weighted by atomic mass is 9.85. The van der Waals surface area contributed by atoms with E-state index < -0.39 is 11.4 Å². The third-order valence-electron chi connectivity index (χ3n) is 2.67. The van der Waals surface area contributed by atoms with Gasteiger partial charge in [-0.25, -0.2) is 0 Å². The number of carbonyl (C=O) groups is 2. The van der Waals surface area contributed by atoms with Crippen molar-refractivity contribution in [3.8, 4) is 0 Å². The van der Waals surface area contributed by atoms with Gasteiger partial charge in [-0.2, -0.15) is 0 Å². The van der Waals surface area contributed by atoms with Gasteiger partial charge in [0.2, 0.25) is 5.91 Å². The summed E-state index contributed by atoms with van der Waals surface area (Å²) < 4.78 is 0.683. The minimum Gasteiger partial charge on any atom is -0.481 e. The van der Waals surface area contributed by atoms with Crippen molar-refractivity contribution in [3.05, 3.63) is 21.3 Å². The highest BCUT2D eigenvalue weighted by atomic mass is 35.5. The van der Waals surface area contributed by atoms with Crippen molar-refractivity contribution in [1.29, 1.82) is 0 Å². The number of hydrogen-bond donors (Lipinski definition) is 2. The molecule has 6 heteroatoms. The van der Waals surface area contributed by atoms with Crippen molar-refractivity contribution in [2.75, 3.05) is 0 Å². The molecule has 1 aromatic rings. The van der Waals surface area contributed by atoms with Gasteiger partial charge in [-0.15, -0.1) is 11.3 Å². The topological polar surface area (TPSA) is 66.4 Å². The molecule has 0 aliphatic heterocycles. The largest absolute Gasteiger partial charge is 0.481 e. The Labute approximate surface area is 121 Å². The van der Waals surface area contributed by atoms with Gasteiger partial charge in [0.15, 0.2) is 0 Å². The molecule has 0 aliphatic carbocycles. The molecule has 1 atom stereocenters. The van der Waals surface area contributed by atoms with Crippen molar-refractivity contribution < 1.29 is 14.7 Å². The third kappa shape index (κ3) is 5.61. The molecule has 106 valence electrons. The van der Waals surface area contributed by atoms with Crippen LogP contribution in [0.5, 0.6) is 0 Å². The number of amides is 1. The number of thiophene rings is 1. The Bertz CT molecular complexity index is 470. The zero-order valence-corrected chi connectivity index (χ0v) is 12.8. The highest BCUT2D eigenvalue weighted by Crippen LogP contribution is 2.28. The minimum absolute atomic E-state index is 0.0281. The molecular formula is C13H18ClNO3S. The van der Waals surface area contributed by atoms with Crippen LogP contribution in [0.1, 0.15) is 44.5 Å². The Hall–Kier alpha value is -1.07. The number of carboxylic acids is 1. The van der Waals surface area contributed by atoms with Crippen LogP contribution in [0.2, 0.25) is 4.34 Å². The van der Waals surface area contributed by atoms with E-state index in [0.717, 1.165) is 4.88 Å². The summed E-state index contributed by atoms with van der Waals surface area (Å²) in [5.41, 5.74) is -0.553. The fourth-order valence-electron chi connectivity index (χ4n) is 1.83. The van der Waals surface area contributed by atoms with Crippen molar-refractivity contribution in [1.82, 2.24) is 5.32 Å². The number of rotatable bonds is 6. The van der Waals surface area contributed by atoms with Gasteiger partial charge >= 0.3 is 5.97 Å². The van der Waals surface area contributed by atoms with E-state index in [2.05, 4.69) is 5.32 Å². The van der Waals surface area contributed by atoms with Crippen molar-refractivity contribution >= 4 is 34.8 Å². The highest BCUT2D eigenvalue weighted by molar-refractivity contribution is 7.16. The van der Waals surface area contributed by atoms with Gasteiger partial charge in [0.1, 0.15) is 0 Å². The van der Waals surface area contributed by atoms with Gasteiger partial charge < -0.3 is 10.4 Å². The molecule has 0 saturated carbocycles. The number of aliphatic carboxylic acids is 1. The molecule has 0 fully saturated rings. The van der Waals surface area contributed by atoms with Crippen LogP contribution in [0.15, 0.2) is 12.1 Å². The van der Waals surface area contributed by atoms with Crippen LogP contribution in [0.4, 0.5) is 0 Å². The Kier molecular flexibility index (Phi) is 5.38. The number of halogens is 1. The molecule has 0 bridgehead atoms. The van der Waals surface area contributed by atoms with E-state index in [1.165, 1.54) is 11.3 Å². The number of nitrogens with one attached hydrogen (secondary N) is 1. The monoisotopic (exact) mass is 303 g/mol. The minimum atomic E-state index is -0.893. The first kappa shape index (κ1) is 16.0. The summed E-state index contributed by atoms with van der Waals surface area (Å²) in [6.45, 7) is 5.42. The van der Waals surface area contributed by atoms with Crippen LogP contribution < -0.4 is 5.32 Å². The first-order valence-electron chi connectivity index (χ1n) is 5.96. The van der Waals surface area contributed by atoms with E-state index in [-0.39, 0.29) is 24.8 Å². The van der Waals surface area contributed by atoms with Gasteiger partial charge in [0.25, 0.3) is 0 Å². The smallest absolute Gasteiger partial charge is 0.303 e. The highest BCUT2D eigenvalue weighted by Gasteiger charge is 2.26. The average molecular weight is 304 g/mol. The molecule has 1 amide bonds. The SMILES string of the molecule is CC(NC(=O)CC(C)(C)CC(=O)O)c1ccc(Cl)s1. The number of hydrogen-bond acceptors (Lipinski definition) is 3. The molecule has 2 N–H and O–H groups in total. The molecule has 0 aliphatic rings. The molecular weight excluding hydrogens is 286 g/mol. The third-order valence-corrected chi connectivity index (χ3v) is 4.08. The van der Waals surface area contributed by atoms with E-state index in [9.17, 15) is 9.59 Å². The first-order chi connectivity index (χ1) is 8.69. The van der Waals surface area contributed by atoms with Crippen LogP contribution in [-0.2, 0) is 9.59 Å². The van der Waals surface area contributed by atoms with Gasteiger partial charge in [-0.3, -0.25) is 9.59 Å². The van der Waals surface area contributed by atoms with Gasteiger partial charge in [0, 0.05) is 11.3 Å². The van der Waals surface area contributed by atoms with Gasteiger partial charge in [-0.05, 0) is 24.5 Å². The van der Waals surface area contributed by atoms with E-state index >= 15 is 0 Å². The fraction of sp³-hybridized carbons (Fsp3) is 0.538. The lowest BCUT2D eigenvalue weighted by Crippen LogP contribution is -2.31. The molecule has 0 saturated heterocycles. The maximum absolute atomic E-state index is 11.9. The second-order valence-electron chi connectivity index (χ2n) is 5.34. The van der Waals surface area contributed by atoms with Crippen molar-refractivity contribution in [2.24, 2.45) is 5.41 Å². The van der Waals surface area contributed by atoms with Crippen molar-refractivity contribution in [3.63, 3.8) is 0 Å². The second-order valence-corrected chi connectivity index (χ2v) is 7.09. The van der Waals surface area contributed by atoms with E-state index in [0.29, 0.717) is 4.34 Å². The zero-order chi connectivity index (χ0) is 14.6. The maximum atomic E-state index is 11.9. The molecule has 0 aromatic carbocycles. The lowest BCUT2D eigenvalue weighted by Gasteiger charge is -2.22. The van der Waals surface area contributed by atoms with E-state index in [1.807, 2.05) is 13.0 Å². The average Bonchev–Trinajstić information content (AvgIpc) is 2.61. The molecule has 1 rings (SSSR count). The van der Waals surface area contributed by atoms with E-state index in [1.54, 1.807) is 19.9 Å². The summed E-state index contributed by atoms with van der Waals surface area (Å²) in [7, 11) is 0. The predicted molar refractivity (Wildman–Crippen MR) is 76.5 cm³/mol. The normalized spacial score (nSPS) is 13.1. The quantitative estimate of drug-likeness (QED) is 0.845. The molecule has 4 nitrogen and oxygen atoms in total. The summed E-state index contributed by atoms with van der Waals surface area (Å²) in [5.74, 6) is -1.04. The lowest BCUT2D eigenvalue weighted by molar-refractivity contribution is -0.139. The van der Waals surface area contributed by atoms with Crippen molar-refractivity contribution in [2.45, 2.75) is 39.7 Å². The predicted octanol–water partition coefficient (Wildman–Crippen LogP) is 3.47. The molecule has 0 spiro atoms. The Balaban J connectivity index is 2.53. The summed E-state index contributed by atoms with van der Waals surface area (Å²) >= 11 is 7.27. The van der Waals surface area contributed by atoms with Crippen LogP contribution in [0.3, 0.4) is 0 Å². The summed E-state index contributed by atoms with van der Waals surface area (Å²) in [6, 6.07) is 3.55. The molecule has 1 heterocycles. The Morgan fingerprint density at radius 3 is 2.53 bits per heavy atom. The summed E-state index contributed by atoms with van der Waals surface area (Å²) in [6.07, 6.45) is 0.155. The fourth-order valence-corrected chi connectivity index (χ4v) is 2.89. The van der Waals surface area contributed by atoms with Gasteiger partial charge in [-0.1, -0.05) is 25.4 Å². The standard InChI is InChI=1S/C13H18ClNO3S/c1-8(9-4-5-10(14)19-9)15-11(16)6-13(2,3)7-12(17)18/h4-5,8H,6-7H2,1-3H3,(H,15,16)(H,17,18). The zero-order valence-electron chi connectivity index (χ0n) is 11.2. The number of carboxylic acid groups (broad SMARTS) is 1. The van der Waals surface area contributed by atoms with E-state index in [4.69, 9.17) is 16.7 Å². The first-order valence-corrected chi connectivity index (χ1v) is 7.15. The Morgan fingerprint density at radius 2 is 2.05 bits per heavy atom.